The molecule has 0 N–H and O–H groups in total. The smallest absolute Gasteiger partial charge is 0.135 e. The first-order valence-electron chi connectivity index (χ1n) is 14.0. The summed E-state index contributed by atoms with van der Waals surface area (Å²) in [6, 6.07) is 41.6. The summed E-state index contributed by atoms with van der Waals surface area (Å²) < 4.78 is 9.98. The van der Waals surface area contributed by atoms with Crippen molar-refractivity contribution in [3.63, 3.8) is 0 Å². The van der Waals surface area contributed by atoms with Crippen molar-refractivity contribution in [1.82, 2.24) is 9.97 Å². The number of fused-ring (bicyclic) bond motifs is 6. The van der Waals surface area contributed by atoms with Gasteiger partial charge in [-0.05, 0) is 34.0 Å². The SMILES string of the molecule is [CH3][Ge]([CH3])([CH3])[c]1ccc(-c2[c-]cccc2)nc1.[Ir].[c-]1ccc2c(sc3ccccc32)c1-c1cc2oc3ccccc3c2cn1. The maximum Gasteiger partial charge on any atom is 0.135 e. The number of rotatable bonds is 3. The second kappa shape index (κ2) is 12.2. The van der Waals surface area contributed by atoms with E-state index in [0.717, 1.165) is 44.5 Å². The Morgan fingerprint density at radius 3 is 2.19 bits per heavy atom. The molecule has 6 heteroatoms. The molecule has 0 saturated heterocycles. The van der Waals surface area contributed by atoms with Gasteiger partial charge in [-0.1, -0.05) is 41.8 Å². The molecule has 0 bridgehead atoms. The van der Waals surface area contributed by atoms with E-state index in [1.54, 1.807) is 11.3 Å². The Balaban J connectivity index is 0.000000168. The minimum absolute atomic E-state index is 0. The van der Waals surface area contributed by atoms with E-state index in [2.05, 4.69) is 82.9 Å². The number of furan rings is 1. The maximum atomic E-state index is 6.04. The zero-order valence-electron chi connectivity index (χ0n) is 24.0. The zero-order chi connectivity index (χ0) is 28.7. The third-order valence-corrected chi connectivity index (χ3v) is 12.9. The number of pyridine rings is 2. The van der Waals surface area contributed by atoms with Gasteiger partial charge in [0.25, 0.3) is 0 Å². The quantitative estimate of drug-likeness (QED) is 0.132. The average Bonchev–Trinajstić information content (AvgIpc) is 3.59. The molecule has 213 valence electrons. The summed E-state index contributed by atoms with van der Waals surface area (Å²) in [5, 5.41) is 4.69. The molecule has 0 unspecified atom stereocenters. The van der Waals surface area contributed by atoms with Gasteiger partial charge in [-0.3, -0.25) is 0 Å². The zero-order valence-corrected chi connectivity index (χ0v) is 29.3. The Hall–Kier alpha value is -3.61. The van der Waals surface area contributed by atoms with Gasteiger partial charge in [0.1, 0.15) is 11.2 Å². The molecule has 0 fully saturated rings. The standard InChI is InChI=1S/C23H12NOS.C14H16GeN.Ir/c1-3-10-20-14(6-1)18-13-24-19(12-21(18)25-20)17-9-5-8-16-15-7-2-4-11-22(15)26-23(16)17;1-15(2,3)13-9-10-14(16-11-13)12-7-5-4-6-8-12;/h1-8,10-13H;4-7,9-11H,1-3H3;/q2*-1;. The van der Waals surface area contributed by atoms with E-state index in [-0.39, 0.29) is 20.1 Å². The second-order valence-electron chi connectivity index (χ2n) is 11.3. The Morgan fingerprint density at radius 1 is 0.651 bits per heavy atom. The number of hydrogen-bond acceptors (Lipinski definition) is 4. The first kappa shape index (κ1) is 29.5. The number of para-hydroxylation sites is 1. The van der Waals surface area contributed by atoms with Crippen LogP contribution >= 0.6 is 11.3 Å². The van der Waals surface area contributed by atoms with E-state index in [1.807, 2.05) is 67.0 Å². The van der Waals surface area contributed by atoms with Crippen LogP contribution in [0.2, 0.25) is 17.3 Å². The van der Waals surface area contributed by atoms with Crippen molar-refractivity contribution in [3.8, 4) is 22.5 Å². The van der Waals surface area contributed by atoms with E-state index in [4.69, 9.17) is 9.40 Å². The number of hydrogen-bond donors (Lipinski definition) is 0. The van der Waals surface area contributed by atoms with Crippen LogP contribution in [0.15, 0.2) is 120 Å². The molecule has 1 radical (unpaired) electrons. The molecular formula is C37H28GeIrN2OS-2. The van der Waals surface area contributed by atoms with Crippen LogP contribution in [0.1, 0.15) is 0 Å². The minimum Gasteiger partial charge on any atom is -0.457 e. The topological polar surface area (TPSA) is 38.9 Å². The summed E-state index contributed by atoms with van der Waals surface area (Å²) in [6.07, 6.45) is 3.95. The van der Waals surface area contributed by atoms with Gasteiger partial charge in [0.2, 0.25) is 0 Å². The Kier molecular flexibility index (Phi) is 8.34. The molecule has 4 aromatic carbocycles. The van der Waals surface area contributed by atoms with Crippen molar-refractivity contribution in [2.24, 2.45) is 0 Å². The van der Waals surface area contributed by atoms with Crippen LogP contribution in [0.5, 0.6) is 0 Å². The van der Waals surface area contributed by atoms with Crippen molar-refractivity contribution < 1.29 is 24.5 Å². The molecule has 0 atom stereocenters. The summed E-state index contributed by atoms with van der Waals surface area (Å²) >= 11 is 0.0758. The van der Waals surface area contributed by atoms with Crippen LogP contribution in [-0.2, 0) is 20.1 Å². The molecular weight excluding hydrogens is 785 g/mol. The molecule has 0 saturated carbocycles. The van der Waals surface area contributed by atoms with Gasteiger partial charge >= 0.3 is 99.8 Å². The van der Waals surface area contributed by atoms with Gasteiger partial charge in [0.15, 0.2) is 0 Å². The first-order chi connectivity index (χ1) is 20.5. The fraction of sp³-hybridized carbons (Fsp3) is 0.0811. The molecule has 0 aliphatic heterocycles. The van der Waals surface area contributed by atoms with Gasteiger partial charge in [0, 0.05) is 41.8 Å². The van der Waals surface area contributed by atoms with Crippen LogP contribution in [0, 0.1) is 12.1 Å². The van der Waals surface area contributed by atoms with Crippen molar-refractivity contribution in [3.05, 3.63) is 128 Å². The van der Waals surface area contributed by atoms with E-state index in [1.165, 1.54) is 24.6 Å². The van der Waals surface area contributed by atoms with Gasteiger partial charge in [0.05, 0.1) is 0 Å². The summed E-state index contributed by atoms with van der Waals surface area (Å²) in [7, 11) is 0. The van der Waals surface area contributed by atoms with Gasteiger partial charge in [-0.2, -0.15) is 11.3 Å². The predicted octanol–water partition coefficient (Wildman–Crippen LogP) is 9.91. The number of benzene rings is 4. The van der Waals surface area contributed by atoms with Crippen molar-refractivity contribution in [1.29, 1.82) is 0 Å². The van der Waals surface area contributed by atoms with Gasteiger partial charge in [-0.15, -0.1) is 23.8 Å². The molecule has 8 rings (SSSR count). The fourth-order valence-corrected chi connectivity index (χ4v) is 8.57. The maximum absolute atomic E-state index is 6.04. The fourth-order valence-electron chi connectivity index (χ4n) is 5.19. The van der Waals surface area contributed by atoms with E-state index < -0.39 is 13.3 Å². The molecule has 0 spiro atoms. The summed E-state index contributed by atoms with van der Waals surface area (Å²) in [6.45, 7) is 0. The molecule has 8 aromatic rings. The van der Waals surface area contributed by atoms with Crippen LogP contribution < -0.4 is 4.40 Å². The molecule has 3 nitrogen and oxygen atoms in total. The summed E-state index contributed by atoms with van der Waals surface area (Å²) in [4.78, 5) is 9.27. The number of nitrogens with zero attached hydrogens (tertiary/aromatic N) is 2. The Morgan fingerprint density at radius 2 is 1.42 bits per heavy atom. The third kappa shape index (κ3) is 5.83. The summed E-state index contributed by atoms with van der Waals surface area (Å²) in [5.74, 6) is 7.14. The Labute approximate surface area is 271 Å². The van der Waals surface area contributed by atoms with Crippen molar-refractivity contribution in [2.45, 2.75) is 17.3 Å². The van der Waals surface area contributed by atoms with Gasteiger partial charge in [-0.25, -0.2) is 0 Å². The molecule has 43 heavy (non-hydrogen) atoms. The Bertz CT molecular complexity index is 2180. The van der Waals surface area contributed by atoms with E-state index >= 15 is 0 Å². The first-order valence-corrected chi connectivity index (χ1v) is 22.1. The normalized spacial score (nSPS) is 11.4. The number of thiophene rings is 1. The molecule has 0 aliphatic carbocycles. The minimum atomic E-state index is -1.72. The van der Waals surface area contributed by atoms with Crippen LogP contribution in [0.4, 0.5) is 0 Å². The van der Waals surface area contributed by atoms with E-state index in [0.29, 0.717) is 0 Å². The van der Waals surface area contributed by atoms with Crippen molar-refractivity contribution in [2.75, 3.05) is 0 Å². The molecule has 4 aromatic heterocycles. The predicted molar refractivity (Wildman–Crippen MR) is 180 cm³/mol. The molecule has 4 heterocycles. The average molecular weight is 814 g/mol. The van der Waals surface area contributed by atoms with E-state index in [9.17, 15) is 0 Å². The third-order valence-electron chi connectivity index (χ3n) is 7.47. The van der Waals surface area contributed by atoms with Gasteiger partial charge < -0.3 is 9.40 Å². The monoisotopic (exact) mass is 815 g/mol. The number of aromatic nitrogens is 2. The largest absolute Gasteiger partial charge is 0.457 e. The molecule has 0 aliphatic rings. The van der Waals surface area contributed by atoms with Crippen molar-refractivity contribution >= 4 is 71.1 Å². The van der Waals surface area contributed by atoms with Crippen LogP contribution in [-0.4, -0.2) is 23.2 Å². The van der Waals surface area contributed by atoms with Crippen LogP contribution in [0.3, 0.4) is 0 Å². The summed E-state index contributed by atoms with van der Waals surface area (Å²) in [5.41, 5.74) is 5.76. The van der Waals surface area contributed by atoms with Crippen LogP contribution in [0.25, 0.3) is 64.6 Å². The molecule has 0 amide bonds. The second-order valence-corrected chi connectivity index (χ2v) is 23.0.